The minimum Gasteiger partial charge on any atom is -0.493 e. The summed E-state index contributed by atoms with van der Waals surface area (Å²) in [5.41, 5.74) is 4.76. The fourth-order valence-electron chi connectivity index (χ4n) is 2.25. The Balaban J connectivity index is 1.98. The number of carbonyl (C=O) groups excluding carboxylic acids is 1. The van der Waals surface area contributed by atoms with Crippen LogP contribution in [0.25, 0.3) is 0 Å². The number of halogens is 2. The summed E-state index contributed by atoms with van der Waals surface area (Å²) in [6, 6.07) is 10.5. The summed E-state index contributed by atoms with van der Waals surface area (Å²) in [7, 11) is 2.62. The second kappa shape index (κ2) is 10.1. The number of hydrazone groups is 1. The van der Waals surface area contributed by atoms with Crippen LogP contribution in [-0.2, 0) is 4.79 Å². The highest BCUT2D eigenvalue weighted by atomic mass is 19.3. The van der Waals surface area contributed by atoms with E-state index in [1.165, 1.54) is 32.6 Å². The zero-order valence-corrected chi connectivity index (χ0v) is 15.7. The lowest BCUT2D eigenvalue weighted by atomic mass is 10.2. The molecule has 2 rings (SSSR count). The molecule has 150 valence electrons. The molecule has 0 aliphatic rings. The average molecular weight is 393 g/mol. The highest BCUT2D eigenvalue weighted by Gasteiger charge is 2.17. The first kappa shape index (κ1) is 20.9. The highest BCUT2D eigenvalue weighted by molar-refractivity contribution is 5.85. The summed E-state index contributed by atoms with van der Waals surface area (Å²) >= 11 is 0. The Morgan fingerprint density at radius 1 is 1.14 bits per heavy atom. The van der Waals surface area contributed by atoms with E-state index in [-0.39, 0.29) is 29.7 Å². The first-order valence-electron chi connectivity index (χ1n) is 8.26. The number of ether oxygens (including phenoxy) is 3. The van der Waals surface area contributed by atoms with Crippen LogP contribution in [-0.4, -0.2) is 39.5 Å². The molecule has 0 heterocycles. The molecular formula is C19H21F2N3O4. The molecule has 0 spiro atoms. The molecule has 0 unspecified atom stereocenters. The number of amides is 1. The minimum atomic E-state index is -3.03. The largest absolute Gasteiger partial charge is 0.493 e. The van der Waals surface area contributed by atoms with Gasteiger partial charge in [-0.3, -0.25) is 4.79 Å². The number of hydrogen-bond acceptors (Lipinski definition) is 6. The van der Waals surface area contributed by atoms with Gasteiger partial charge in [0.2, 0.25) is 5.75 Å². The van der Waals surface area contributed by atoms with Crippen molar-refractivity contribution in [1.82, 2.24) is 5.43 Å². The number of alkyl halides is 2. The number of methoxy groups -OCH3 is 2. The van der Waals surface area contributed by atoms with Crippen LogP contribution in [0.4, 0.5) is 14.5 Å². The molecule has 0 radical (unpaired) electrons. The van der Waals surface area contributed by atoms with Gasteiger partial charge in [-0.1, -0.05) is 17.7 Å². The van der Waals surface area contributed by atoms with E-state index in [1.807, 2.05) is 31.2 Å². The molecule has 1 amide bonds. The molecule has 7 nitrogen and oxygen atoms in total. The number of anilines is 1. The van der Waals surface area contributed by atoms with Crippen molar-refractivity contribution < 1.29 is 27.8 Å². The Kier molecular flexibility index (Phi) is 7.55. The normalized spacial score (nSPS) is 10.8. The van der Waals surface area contributed by atoms with Crippen LogP contribution in [0.2, 0.25) is 0 Å². The molecule has 2 N–H and O–H groups in total. The van der Waals surface area contributed by atoms with Crippen LogP contribution in [0.5, 0.6) is 17.2 Å². The number of rotatable bonds is 9. The summed E-state index contributed by atoms with van der Waals surface area (Å²) in [5, 5.41) is 6.81. The highest BCUT2D eigenvalue weighted by Crippen LogP contribution is 2.39. The number of nitrogens with one attached hydrogen (secondary N) is 2. The van der Waals surface area contributed by atoms with Crippen molar-refractivity contribution in [2.24, 2.45) is 5.10 Å². The van der Waals surface area contributed by atoms with E-state index < -0.39 is 6.61 Å². The van der Waals surface area contributed by atoms with Gasteiger partial charge in [-0.15, -0.1) is 0 Å². The fraction of sp³-hybridized carbons (Fsp3) is 0.263. The van der Waals surface area contributed by atoms with Crippen LogP contribution in [0.1, 0.15) is 11.1 Å². The van der Waals surface area contributed by atoms with E-state index in [2.05, 4.69) is 20.6 Å². The van der Waals surface area contributed by atoms with Gasteiger partial charge in [0.25, 0.3) is 5.91 Å². The van der Waals surface area contributed by atoms with Gasteiger partial charge in [0, 0.05) is 11.3 Å². The molecule has 0 atom stereocenters. The van der Waals surface area contributed by atoms with Gasteiger partial charge in [-0.05, 0) is 31.2 Å². The van der Waals surface area contributed by atoms with Crippen LogP contribution in [0.15, 0.2) is 41.5 Å². The Hall–Kier alpha value is -3.36. The van der Waals surface area contributed by atoms with E-state index in [0.717, 1.165) is 11.3 Å². The SMILES string of the molecule is COc1cc(/C=N\NC(=O)CNc2ccc(C)cc2)cc(OC)c1OC(F)F. The molecule has 0 aliphatic heterocycles. The summed E-state index contributed by atoms with van der Waals surface area (Å²) in [4.78, 5) is 11.9. The average Bonchev–Trinajstić information content (AvgIpc) is 2.67. The van der Waals surface area contributed by atoms with Crippen molar-refractivity contribution in [3.8, 4) is 17.2 Å². The lowest BCUT2D eigenvalue weighted by molar-refractivity contribution is -0.119. The third kappa shape index (κ3) is 6.11. The minimum absolute atomic E-state index is 0.0359. The number of aryl methyl sites for hydroxylation is 1. The number of hydrogen-bond donors (Lipinski definition) is 2. The topological polar surface area (TPSA) is 81.2 Å². The van der Waals surface area contributed by atoms with E-state index >= 15 is 0 Å². The Morgan fingerprint density at radius 2 is 1.75 bits per heavy atom. The second-order valence-electron chi connectivity index (χ2n) is 5.65. The molecule has 2 aromatic rings. The van der Waals surface area contributed by atoms with E-state index in [0.29, 0.717) is 5.56 Å². The molecule has 0 aromatic heterocycles. The summed E-state index contributed by atoms with van der Waals surface area (Å²) < 4.78 is 39.6. The van der Waals surface area contributed by atoms with Crippen molar-refractivity contribution in [1.29, 1.82) is 0 Å². The Labute approximate surface area is 161 Å². The summed E-state index contributed by atoms with van der Waals surface area (Å²) in [6.07, 6.45) is 1.33. The maximum absolute atomic E-state index is 12.5. The monoisotopic (exact) mass is 393 g/mol. The van der Waals surface area contributed by atoms with Gasteiger partial charge in [-0.25, -0.2) is 5.43 Å². The van der Waals surface area contributed by atoms with Gasteiger partial charge in [0.15, 0.2) is 11.5 Å². The van der Waals surface area contributed by atoms with E-state index in [9.17, 15) is 13.6 Å². The standard InChI is InChI=1S/C19H21F2N3O4/c1-12-4-6-14(7-5-12)22-11-17(25)24-23-10-13-8-15(26-2)18(28-19(20)21)16(9-13)27-3/h4-10,19,22H,11H2,1-3H3,(H,24,25)/b23-10-. The van der Waals surface area contributed by atoms with E-state index in [1.54, 1.807) is 0 Å². The smallest absolute Gasteiger partial charge is 0.387 e. The molecule has 0 bridgehead atoms. The van der Waals surface area contributed by atoms with Gasteiger partial charge in [-0.2, -0.15) is 13.9 Å². The predicted octanol–water partition coefficient (Wildman–Crippen LogP) is 3.18. The molecule has 0 saturated heterocycles. The van der Waals surface area contributed by atoms with Gasteiger partial charge in [0.1, 0.15) is 0 Å². The first-order valence-corrected chi connectivity index (χ1v) is 8.26. The second-order valence-corrected chi connectivity index (χ2v) is 5.65. The quantitative estimate of drug-likeness (QED) is 0.505. The van der Waals surface area contributed by atoms with Crippen LogP contribution in [0, 0.1) is 6.92 Å². The molecular weight excluding hydrogens is 372 g/mol. The zero-order chi connectivity index (χ0) is 20.5. The number of nitrogens with zero attached hydrogens (tertiary/aromatic N) is 1. The van der Waals surface area contributed by atoms with Gasteiger partial charge >= 0.3 is 6.61 Å². The Morgan fingerprint density at radius 3 is 2.29 bits per heavy atom. The molecule has 2 aromatic carbocycles. The van der Waals surface area contributed by atoms with Crippen molar-refractivity contribution in [3.63, 3.8) is 0 Å². The van der Waals surface area contributed by atoms with Gasteiger partial charge in [0.05, 0.1) is 27.0 Å². The first-order chi connectivity index (χ1) is 13.4. The van der Waals surface area contributed by atoms with Crippen molar-refractivity contribution in [2.75, 3.05) is 26.1 Å². The lowest BCUT2D eigenvalue weighted by Gasteiger charge is -2.14. The molecule has 28 heavy (non-hydrogen) atoms. The number of benzene rings is 2. The molecule has 9 heteroatoms. The van der Waals surface area contributed by atoms with Crippen molar-refractivity contribution in [2.45, 2.75) is 13.5 Å². The number of carbonyl (C=O) groups is 1. The van der Waals surface area contributed by atoms with E-state index in [4.69, 9.17) is 9.47 Å². The summed E-state index contributed by atoms with van der Waals surface area (Å²) in [6.45, 7) is -1.02. The third-order valence-corrected chi connectivity index (χ3v) is 3.60. The van der Waals surface area contributed by atoms with Crippen LogP contribution < -0.4 is 25.0 Å². The lowest BCUT2D eigenvalue weighted by Crippen LogP contribution is -2.25. The third-order valence-electron chi connectivity index (χ3n) is 3.60. The van der Waals surface area contributed by atoms with Crippen LogP contribution >= 0.6 is 0 Å². The summed E-state index contributed by atoms with van der Waals surface area (Å²) in [5.74, 6) is -0.473. The van der Waals surface area contributed by atoms with Crippen LogP contribution in [0.3, 0.4) is 0 Å². The predicted molar refractivity (Wildman–Crippen MR) is 102 cm³/mol. The maximum atomic E-state index is 12.5. The Bertz CT molecular complexity index is 801. The van der Waals surface area contributed by atoms with Crippen molar-refractivity contribution >= 4 is 17.8 Å². The molecule has 0 fully saturated rings. The fourth-order valence-corrected chi connectivity index (χ4v) is 2.25. The molecule has 0 aliphatic carbocycles. The zero-order valence-electron chi connectivity index (χ0n) is 15.7. The maximum Gasteiger partial charge on any atom is 0.387 e. The van der Waals surface area contributed by atoms with Crippen molar-refractivity contribution in [3.05, 3.63) is 47.5 Å². The van der Waals surface area contributed by atoms with Gasteiger partial charge < -0.3 is 19.5 Å². The molecule has 0 saturated carbocycles.